The van der Waals surface area contributed by atoms with Crippen LogP contribution in [-0.2, 0) is 10.0 Å². The van der Waals surface area contributed by atoms with Crippen molar-refractivity contribution < 1.29 is 22.3 Å². The van der Waals surface area contributed by atoms with Crippen molar-refractivity contribution in [2.75, 3.05) is 6.61 Å². The topological polar surface area (TPSA) is 96.6 Å². The van der Waals surface area contributed by atoms with Crippen LogP contribution in [0.1, 0.15) is 42.0 Å². The van der Waals surface area contributed by atoms with E-state index in [-0.39, 0.29) is 22.2 Å². The van der Waals surface area contributed by atoms with Gasteiger partial charge in [0, 0.05) is 10.6 Å². The minimum atomic E-state index is -3.85. The molecule has 3 heterocycles. The molecule has 2 N–H and O–H groups in total. The van der Waals surface area contributed by atoms with E-state index in [2.05, 4.69) is 26.6 Å². The number of hydrogen-bond acceptors (Lipinski definition) is 6. The van der Waals surface area contributed by atoms with Gasteiger partial charge in [-0.05, 0) is 56.7 Å². The highest BCUT2D eigenvalue weighted by atomic mass is 35.5. The predicted molar refractivity (Wildman–Crippen MR) is 135 cm³/mol. The standard InChI is InChI=1S/C24H21ClF2N4O3S2/c1-14-10-15(5-8-18(14)25)19-11-20(22(26)27)31-23(29-19)16(12-28-31)4-6-17-7-9-21(35-17)36(33,34)30-24(2,3)13-32/h5,7-12,22,30,32H,13H2,1-3H3. The molecule has 4 rings (SSSR count). The van der Waals surface area contributed by atoms with Crippen molar-refractivity contribution in [2.24, 2.45) is 0 Å². The fraction of sp³-hybridized carbons (Fsp3) is 0.250. The molecule has 0 atom stereocenters. The molecule has 0 unspecified atom stereocenters. The molecule has 0 aliphatic carbocycles. The Balaban J connectivity index is 1.73. The van der Waals surface area contributed by atoms with Gasteiger partial charge in [-0.2, -0.15) is 5.10 Å². The molecule has 0 aliphatic rings. The summed E-state index contributed by atoms with van der Waals surface area (Å²) in [7, 11) is -3.85. The summed E-state index contributed by atoms with van der Waals surface area (Å²) in [5.41, 5.74) is 0.817. The predicted octanol–water partition coefficient (Wildman–Crippen LogP) is 4.81. The van der Waals surface area contributed by atoms with E-state index in [1.54, 1.807) is 38.1 Å². The first-order valence-corrected chi connectivity index (χ1v) is 13.3. The molecular formula is C24H21ClF2N4O3S2. The molecule has 12 heteroatoms. The largest absolute Gasteiger partial charge is 0.394 e. The Hall–Kier alpha value is -2.88. The van der Waals surface area contributed by atoms with Crippen molar-refractivity contribution in [3.05, 3.63) is 69.3 Å². The van der Waals surface area contributed by atoms with Gasteiger partial charge in [0.1, 0.15) is 9.90 Å². The molecule has 7 nitrogen and oxygen atoms in total. The van der Waals surface area contributed by atoms with Gasteiger partial charge >= 0.3 is 0 Å². The van der Waals surface area contributed by atoms with Crippen molar-refractivity contribution in [3.8, 4) is 23.1 Å². The molecule has 0 radical (unpaired) electrons. The molecule has 0 aliphatic heterocycles. The van der Waals surface area contributed by atoms with E-state index in [0.29, 0.717) is 26.7 Å². The Kier molecular flexibility index (Phi) is 7.19. The zero-order valence-corrected chi connectivity index (χ0v) is 21.8. The second-order valence-corrected chi connectivity index (χ2v) is 12.0. The van der Waals surface area contributed by atoms with Crippen LogP contribution in [0.15, 0.2) is 46.8 Å². The lowest BCUT2D eigenvalue weighted by Crippen LogP contribution is -2.45. The third-order valence-corrected chi connectivity index (χ3v) is 8.76. The van der Waals surface area contributed by atoms with Crippen molar-refractivity contribution in [1.29, 1.82) is 0 Å². The van der Waals surface area contributed by atoms with Crippen LogP contribution < -0.4 is 4.72 Å². The molecule has 3 aromatic heterocycles. The maximum Gasteiger partial charge on any atom is 0.280 e. The van der Waals surface area contributed by atoms with Crippen LogP contribution in [0.5, 0.6) is 0 Å². The first-order valence-electron chi connectivity index (χ1n) is 10.6. The quantitative estimate of drug-likeness (QED) is 0.336. The Labute approximate surface area is 215 Å². The summed E-state index contributed by atoms with van der Waals surface area (Å²) in [6.45, 7) is 4.56. The number of alkyl halides is 2. The zero-order valence-electron chi connectivity index (χ0n) is 19.4. The molecule has 0 saturated heterocycles. The maximum absolute atomic E-state index is 13.8. The van der Waals surface area contributed by atoms with E-state index in [4.69, 9.17) is 11.6 Å². The van der Waals surface area contributed by atoms with Crippen LogP contribution in [-0.4, -0.2) is 40.3 Å². The summed E-state index contributed by atoms with van der Waals surface area (Å²) in [4.78, 5) is 4.96. The molecule has 1 aromatic carbocycles. The summed E-state index contributed by atoms with van der Waals surface area (Å²) >= 11 is 7.04. The number of halogens is 3. The van der Waals surface area contributed by atoms with Crippen molar-refractivity contribution in [3.63, 3.8) is 0 Å². The Morgan fingerprint density at radius 1 is 1.22 bits per heavy atom. The number of nitrogens with zero attached hydrogens (tertiary/aromatic N) is 3. The molecule has 4 aromatic rings. The number of aryl methyl sites for hydroxylation is 1. The van der Waals surface area contributed by atoms with Crippen molar-refractivity contribution >= 4 is 38.6 Å². The fourth-order valence-corrected chi connectivity index (χ4v) is 5.97. The average Bonchev–Trinajstić information content (AvgIpc) is 3.45. The molecule has 0 fully saturated rings. The fourth-order valence-electron chi connectivity index (χ4n) is 3.29. The van der Waals surface area contributed by atoms with Gasteiger partial charge in [0.25, 0.3) is 16.4 Å². The number of aliphatic hydroxyl groups is 1. The lowest BCUT2D eigenvalue weighted by Gasteiger charge is -2.22. The van der Waals surface area contributed by atoms with Gasteiger partial charge in [-0.25, -0.2) is 31.4 Å². The summed E-state index contributed by atoms with van der Waals surface area (Å²) in [5.74, 6) is 5.73. The SMILES string of the molecule is Cc1cc(-c2cc(C(F)F)n3ncc(C#Cc4ccc(S(=O)(=O)NC(C)(C)CO)s4)c3n2)ccc1Cl. The Bertz CT molecular complexity index is 1620. The second-order valence-electron chi connectivity index (χ2n) is 8.64. The lowest BCUT2D eigenvalue weighted by atomic mass is 10.1. The molecule has 0 saturated carbocycles. The van der Waals surface area contributed by atoms with Crippen LogP contribution in [0.4, 0.5) is 8.78 Å². The second kappa shape index (κ2) is 9.88. The third-order valence-electron chi connectivity index (χ3n) is 5.15. The molecule has 0 amide bonds. The smallest absolute Gasteiger partial charge is 0.280 e. The van der Waals surface area contributed by atoms with Gasteiger partial charge in [-0.15, -0.1) is 11.3 Å². The molecule has 36 heavy (non-hydrogen) atoms. The number of sulfonamides is 1. The number of aromatic nitrogens is 3. The molecule has 188 valence electrons. The minimum absolute atomic E-state index is 0.0340. The van der Waals surface area contributed by atoms with E-state index < -0.39 is 22.0 Å². The van der Waals surface area contributed by atoms with Crippen LogP contribution >= 0.6 is 22.9 Å². The number of aliphatic hydroxyl groups excluding tert-OH is 1. The number of nitrogens with one attached hydrogen (secondary N) is 1. The minimum Gasteiger partial charge on any atom is -0.394 e. The number of fused-ring (bicyclic) bond motifs is 1. The number of thiophene rings is 1. The summed E-state index contributed by atoms with van der Waals surface area (Å²) < 4.78 is 56.3. The van der Waals surface area contributed by atoms with E-state index in [0.717, 1.165) is 21.4 Å². The van der Waals surface area contributed by atoms with E-state index >= 15 is 0 Å². The van der Waals surface area contributed by atoms with Gasteiger partial charge in [-0.1, -0.05) is 29.5 Å². The van der Waals surface area contributed by atoms with Gasteiger partial charge in [0.2, 0.25) is 0 Å². The van der Waals surface area contributed by atoms with Gasteiger partial charge in [0.05, 0.1) is 34.5 Å². The molecule has 0 bridgehead atoms. The molecular weight excluding hydrogens is 530 g/mol. The van der Waals surface area contributed by atoms with Crippen LogP contribution in [0.3, 0.4) is 0 Å². The highest BCUT2D eigenvalue weighted by molar-refractivity contribution is 7.91. The van der Waals surface area contributed by atoms with Gasteiger partial charge in [0.15, 0.2) is 5.65 Å². The Morgan fingerprint density at radius 3 is 2.64 bits per heavy atom. The summed E-state index contributed by atoms with van der Waals surface area (Å²) in [5, 5.41) is 13.9. The first-order chi connectivity index (χ1) is 16.9. The first kappa shape index (κ1) is 26.2. The van der Waals surface area contributed by atoms with E-state index in [1.165, 1.54) is 18.3 Å². The zero-order chi connectivity index (χ0) is 26.3. The van der Waals surface area contributed by atoms with E-state index in [9.17, 15) is 22.3 Å². The van der Waals surface area contributed by atoms with Crippen LogP contribution in [0.2, 0.25) is 5.02 Å². The average molecular weight is 551 g/mol. The van der Waals surface area contributed by atoms with Crippen LogP contribution in [0.25, 0.3) is 16.9 Å². The summed E-state index contributed by atoms with van der Waals surface area (Å²) in [6, 6.07) is 9.37. The highest BCUT2D eigenvalue weighted by Crippen LogP contribution is 2.29. The lowest BCUT2D eigenvalue weighted by molar-refractivity contribution is 0.143. The Morgan fingerprint density at radius 2 is 1.97 bits per heavy atom. The van der Waals surface area contributed by atoms with Gasteiger partial charge in [-0.3, -0.25) is 0 Å². The maximum atomic E-state index is 13.8. The normalized spacial score (nSPS) is 12.2. The molecule has 0 spiro atoms. The van der Waals surface area contributed by atoms with Gasteiger partial charge < -0.3 is 5.11 Å². The van der Waals surface area contributed by atoms with Crippen molar-refractivity contribution in [1.82, 2.24) is 19.3 Å². The summed E-state index contributed by atoms with van der Waals surface area (Å²) in [6.07, 6.45) is -1.46. The van der Waals surface area contributed by atoms with Crippen LogP contribution in [0, 0.1) is 18.8 Å². The monoisotopic (exact) mass is 550 g/mol. The van der Waals surface area contributed by atoms with E-state index in [1.807, 2.05) is 6.92 Å². The number of rotatable bonds is 6. The number of benzene rings is 1. The van der Waals surface area contributed by atoms with Crippen molar-refractivity contribution in [2.45, 2.75) is 36.9 Å². The third kappa shape index (κ3) is 5.43. The highest BCUT2D eigenvalue weighted by Gasteiger charge is 2.26. The number of hydrogen-bond donors (Lipinski definition) is 2.